The standard InChI is InChI=1S/C28H37N3O4/c1-5-25-24(18-30(21-15-16-21)17-23(32)19-34-20(2)3)28(31(29-25)22-11-7-6-8-12-22)35-27-14-10-9-13-26(27)33-4/h6-14,20-21,23,32H,5,15-19H2,1-4H3. The van der Waals surface area contributed by atoms with Crippen molar-refractivity contribution in [1.82, 2.24) is 14.7 Å². The number of hydrogen-bond acceptors (Lipinski definition) is 6. The summed E-state index contributed by atoms with van der Waals surface area (Å²) in [6.07, 6.45) is 2.58. The van der Waals surface area contributed by atoms with Crippen LogP contribution in [0.3, 0.4) is 0 Å². The molecule has 2 aromatic carbocycles. The molecule has 0 bridgehead atoms. The van der Waals surface area contributed by atoms with Crippen molar-refractivity contribution in [3.8, 4) is 23.1 Å². The summed E-state index contributed by atoms with van der Waals surface area (Å²) in [6, 6.07) is 18.1. The molecule has 4 rings (SSSR count). The topological polar surface area (TPSA) is 69.0 Å². The zero-order valence-electron chi connectivity index (χ0n) is 21.2. The Kier molecular flexibility index (Phi) is 8.44. The summed E-state index contributed by atoms with van der Waals surface area (Å²) in [6.45, 7) is 7.60. The van der Waals surface area contributed by atoms with Gasteiger partial charge < -0.3 is 19.3 Å². The Bertz CT molecular complexity index is 1080. The van der Waals surface area contributed by atoms with E-state index in [4.69, 9.17) is 19.3 Å². The van der Waals surface area contributed by atoms with Gasteiger partial charge in [0.2, 0.25) is 5.88 Å². The number of rotatable bonds is 13. The Morgan fingerprint density at radius 2 is 1.74 bits per heavy atom. The minimum Gasteiger partial charge on any atom is -0.493 e. The molecule has 1 aliphatic carbocycles. The van der Waals surface area contributed by atoms with E-state index in [2.05, 4.69) is 11.8 Å². The van der Waals surface area contributed by atoms with Crippen LogP contribution in [-0.2, 0) is 17.7 Å². The first-order valence-electron chi connectivity index (χ1n) is 12.5. The number of benzene rings is 2. The molecule has 7 heteroatoms. The van der Waals surface area contributed by atoms with Crippen molar-refractivity contribution in [3.05, 3.63) is 65.9 Å². The van der Waals surface area contributed by atoms with Crippen molar-refractivity contribution in [1.29, 1.82) is 0 Å². The minimum atomic E-state index is -0.550. The molecule has 1 atom stereocenters. The van der Waals surface area contributed by atoms with Crippen molar-refractivity contribution < 1.29 is 19.3 Å². The van der Waals surface area contributed by atoms with Crippen molar-refractivity contribution in [2.24, 2.45) is 0 Å². The second-order valence-electron chi connectivity index (χ2n) is 9.28. The fraction of sp³-hybridized carbons (Fsp3) is 0.464. The molecule has 0 radical (unpaired) electrons. The van der Waals surface area contributed by atoms with Gasteiger partial charge in [-0.3, -0.25) is 4.90 Å². The van der Waals surface area contributed by atoms with E-state index >= 15 is 0 Å². The van der Waals surface area contributed by atoms with Crippen molar-refractivity contribution >= 4 is 0 Å². The lowest BCUT2D eigenvalue weighted by Crippen LogP contribution is -2.36. The van der Waals surface area contributed by atoms with Gasteiger partial charge in [-0.25, -0.2) is 4.68 Å². The van der Waals surface area contributed by atoms with Gasteiger partial charge in [0.1, 0.15) is 0 Å². The molecule has 1 saturated carbocycles. The summed E-state index contributed by atoms with van der Waals surface area (Å²) in [5.74, 6) is 1.98. The second kappa shape index (κ2) is 11.7. The number of ether oxygens (including phenoxy) is 3. The van der Waals surface area contributed by atoms with E-state index in [0.29, 0.717) is 43.1 Å². The summed E-state index contributed by atoms with van der Waals surface area (Å²) >= 11 is 0. The maximum atomic E-state index is 10.7. The lowest BCUT2D eigenvalue weighted by atomic mass is 10.1. The van der Waals surface area contributed by atoms with E-state index in [-0.39, 0.29) is 6.10 Å². The maximum Gasteiger partial charge on any atom is 0.227 e. The van der Waals surface area contributed by atoms with Crippen LogP contribution in [0.4, 0.5) is 0 Å². The van der Waals surface area contributed by atoms with Crippen LogP contribution < -0.4 is 9.47 Å². The summed E-state index contributed by atoms with van der Waals surface area (Å²) < 4.78 is 19.6. The predicted molar refractivity (Wildman–Crippen MR) is 137 cm³/mol. The fourth-order valence-electron chi connectivity index (χ4n) is 4.19. The largest absolute Gasteiger partial charge is 0.493 e. The van der Waals surface area contributed by atoms with E-state index in [0.717, 1.165) is 36.2 Å². The summed E-state index contributed by atoms with van der Waals surface area (Å²) in [4.78, 5) is 2.34. The van der Waals surface area contributed by atoms with Crippen LogP contribution in [0.15, 0.2) is 54.6 Å². The first kappa shape index (κ1) is 25.2. The smallest absolute Gasteiger partial charge is 0.227 e. The number of aliphatic hydroxyl groups is 1. The van der Waals surface area contributed by atoms with Crippen LogP contribution >= 0.6 is 0 Å². The highest BCUT2D eigenvalue weighted by Crippen LogP contribution is 2.38. The first-order chi connectivity index (χ1) is 17.0. The number of nitrogens with zero attached hydrogens (tertiary/aromatic N) is 3. The highest BCUT2D eigenvalue weighted by molar-refractivity contribution is 5.47. The lowest BCUT2D eigenvalue weighted by molar-refractivity contribution is -0.0107. The summed E-state index contributed by atoms with van der Waals surface area (Å²) in [5, 5.41) is 15.6. The first-order valence-corrected chi connectivity index (χ1v) is 12.5. The van der Waals surface area contributed by atoms with E-state index in [1.54, 1.807) is 7.11 Å². The summed E-state index contributed by atoms with van der Waals surface area (Å²) in [5.41, 5.74) is 2.95. The number of para-hydroxylation sites is 3. The van der Waals surface area contributed by atoms with Crippen LogP contribution in [0.25, 0.3) is 5.69 Å². The molecule has 3 aromatic rings. The van der Waals surface area contributed by atoms with Crippen molar-refractivity contribution in [2.45, 2.75) is 64.8 Å². The molecule has 1 unspecified atom stereocenters. The van der Waals surface area contributed by atoms with Gasteiger partial charge in [0, 0.05) is 19.1 Å². The molecule has 1 heterocycles. The Balaban J connectivity index is 1.70. The normalized spacial score (nSPS) is 14.5. The number of aryl methyl sites for hydroxylation is 1. The lowest BCUT2D eigenvalue weighted by Gasteiger charge is -2.26. The minimum absolute atomic E-state index is 0.0932. The zero-order chi connectivity index (χ0) is 24.8. The SMILES string of the molecule is CCc1nn(-c2ccccc2)c(Oc2ccccc2OC)c1CN(CC(O)COC(C)C)C1CC1. The van der Waals surface area contributed by atoms with Gasteiger partial charge in [0.05, 0.1) is 42.9 Å². The third-order valence-electron chi connectivity index (χ3n) is 6.12. The number of aromatic nitrogens is 2. The van der Waals surface area contributed by atoms with Gasteiger partial charge in [0.15, 0.2) is 11.5 Å². The quantitative estimate of drug-likeness (QED) is 0.373. The molecule has 188 valence electrons. The van der Waals surface area contributed by atoms with Gasteiger partial charge in [-0.05, 0) is 57.4 Å². The average Bonchev–Trinajstić information content (AvgIpc) is 3.67. The average molecular weight is 480 g/mol. The molecule has 7 nitrogen and oxygen atoms in total. The Hall–Kier alpha value is -2.87. The van der Waals surface area contributed by atoms with E-state index in [1.165, 1.54) is 0 Å². The number of hydrogen-bond donors (Lipinski definition) is 1. The van der Waals surface area contributed by atoms with Gasteiger partial charge >= 0.3 is 0 Å². The Morgan fingerprint density at radius 3 is 2.37 bits per heavy atom. The van der Waals surface area contributed by atoms with E-state index < -0.39 is 6.10 Å². The molecule has 0 aliphatic heterocycles. The predicted octanol–water partition coefficient (Wildman–Crippen LogP) is 4.99. The van der Waals surface area contributed by atoms with Crippen LogP contribution in [0.1, 0.15) is 44.9 Å². The molecule has 1 aliphatic rings. The van der Waals surface area contributed by atoms with Crippen LogP contribution in [0.2, 0.25) is 0 Å². The summed E-state index contributed by atoms with van der Waals surface area (Å²) in [7, 11) is 1.64. The molecule has 0 spiro atoms. The molecule has 1 aromatic heterocycles. The Labute approximate surface area is 208 Å². The maximum absolute atomic E-state index is 10.7. The van der Waals surface area contributed by atoms with Crippen LogP contribution in [0, 0.1) is 0 Å². The van der Waals surface area contributed by atoms with Crippen LogP contribution in [-0.4, -0.2) is 58.3 Å². The van der Waals surface area contributed by atoms with Gasteiger partial charge in [-0.15, -0.1) is 0 Å². The third kappa shape index (κ3) is 6.42. The molecular weight excluding hydrogens is 442 g/mol. The van der Waals surface area contributed by atoms with Crippen LogP contribution in [0.5, 0.6) is 17.4 Å². The van der Waals surface area contributed by atoms with Gasteiger partial charge in [0.25, 0.3) is 0 Å². The zero-order valence-corrected chi connectivity index (χ0v) is 21.2. The molecule has 0 amide bonds. The molecule has 0 saturated heterocycles. The van der Waals surface area contributed by atoms with Crippen molar-refractivity contribution in [2.75, 3.05) is 20.3 Å². The molecule has 1 N–H and O–H groups in total. The fourth-order valence-corrected chi connectivity index (χ4v) is 4.19. The van der Waals surface area contributed by atoms with Crippen molar-refractivity contribution in [3.63, 3.8) is 0 Å². The Morgan fingerprint density at radius 1 is 1.06 bits per heavy atom. The molecule has 1 fully saturated rings. The third-order valence-corrected chi connectivity index (χ3v) is 6.12. The molecular formula is C28H37N3O4. The van der Waals surface area contributed by atoms with Gasteiger partial charge in [-0.1, -0.05) is 37.3 Å². The number of methoxy groups -OCH3 is 1. The monoisotopic (exact) mass is 479 g/mol. The highest BCUT2D eigenvalue weighted by Gasteiger charge is 2.33. The van der Waals surface area contributed by atoms with E-state index in [1.807, 2.05) is 73.1 Å². The highest BCUT2D eigenvalue weighted by atomic mass is 16.5. The van der Waals surface area contributed by atoms with Gasteiger partial charge in [-0.2, -0.15) is 5.10 Å². The molecule has 35 heavy (non-hydrogen) atoms. The van der Waals surface area contributed by atoms with E-state index in [9.17, 15) is 5.11 Å². The number of aliphatic hydroxyl groups excluding tert-OH is 1. The second-order valence-corrected chi connectivity index (χ2v) is 9.28.